The Kier molecular flexibility index (Phi) is 3.82. The number of rotatable bonds is 3. The molecule has 6 heteroatoms. The number of hydrogen-bond acceptors (Lipinski definition) is 3. The van der Waals surface area contributed by atoms with Gasteiger partial charge < -0.3 is 0 Å². The average Bonchev–Trinajstić information content (AvgIpc) is 2.28. The number of halogens is 2. The Morgan fingerprint density at radius 2 is 2.28 bits per heavy atom. The maximum atomic E-state index is 11.0. The molecule has 0 N–H and O–H groups in total. The zero-order valence-corrected chi connectivity index (χ0v) is 11.9. The van der Waals surface area contributed by atoms with Crippen molar-refractivity contribution >= 4 is 44.1 Å². The molecule has 1 aromatic heterocycles. The highest BCUT2D eigenvalue weighted by Crippen LogP contribution is 2.30. The van der Waals surface area contributed by atoms with E-state index in [1.165, 1.54) is 6.20 Å². The molecule has 0 aliphatic rings. The molecule has 1 atom stereocenters. The van der Waals surface area contributed by atoms with Crippen molar-refractivity contribution in [3.63, 3.8) is 0 Å². The first kappa shape index (κ1) is 13.2. The van der Waals surface area contributed by atoms with E-state index in [1.807, 2.05) is 25.1 Å². The van der Waals surface area contributed by atoms with Gasteiger partial charge in [-0.1, -0.05) is 15.9 Å². The van der Waals surface area contributed by atoms with Crippen molar-refractivity contribution in [2.75, 3.05) is 0 Å². The van der Waals surface area contributed by atoms with Gasteiger partial charge in [0.1, 0.15) is 6.20 Å². The molecule has 4 nitrogen and oxygen atoms in total. The number of alkyl halides is 1. The lowest BCUT2D eigenvalue weighted by Gasteiger charge is -2.08. The normalized spacial score (nSPS) is 12.6. The lowest BCUT2D eigenvalue weighted by molar-refractivity contribution is -0.385. The van der Waals surface area contributed by atoms with Crippen LogP contribution in [0.25, 0.3) is 10.9 Å². The van der Waals surface area contributed by atoms with Gasteiger partial charge in [-0.3, -0.25) is 10.1 Å². The molecule has 1 unspecified atom stereocenters. The first-order valence-electron chi connectivity index (χ1n) is 5.34. The van der Waals surface area contributed by atoms with Crippen LogP contribution in [-0.4, -0.2) is 15.3 Å². The molecular weight excluding hydrogens is 320 g/mol. The van der Waals surface area contributed by atoms with Crippen molar-refractivity contribution in [3.8, 4) is 0 Å². The van der Waals surface area contributed by atoms with Gasteiger partial charge in [-0.25, -0.2) is 4.98 Å². The Morgan fingerprint density at radius 3 is 2.89 bits per heavy atom. The lowest BCUT2D eigenvalue weighted by Crippen LogP contribution is -2.04. The van der Waals surface area contributed by atoms with Crippen LogP contribution in [0.15, 0.2) is 28.9 Å². The Labute approximate surface area is 117 Å². The highest BCUT2D eigenvalue weighted by molar-refractivity contribution is 9.10. The molecule has 1 aromatic carbocycles. The minimum Gasteiger partial charge on any atom is -0.258 e. The number of fused-ring (bicyclic) bond motifs is 1. The number of benzene rings is 1. The van der Waals surface area contributed by atoms with E-state index in [-0.39, 0.29) is 11.1 Å². The fraction of sp³-hybridized carbons (Fsp3) is 0.250. The van der Waals surface area contributed by atoms with Gasteiger partial charge >= 0.3 is 0 Å². The van der Waals surface area contributed by atoms with Gasteiger partial charge in [-0.2, -0.15) is 0 Å². The molecule has 0 fully saturated rings. The maximum Gasteiger partial charge on any atom is 0.291 e. The molecule has 1 heterocycles. The Bertz CT molecular complexity index is 616. The second kappa shape index (κ2) is 5.20. The summed E-state index contributed by atoms with van der Waals surface area (Å²) in [5.41, 5.74) is 1.39. The molecule has 0 saturated heterocycles. The van der Waals surface area contributed by atoms with Crippen LogP contribution in [0.2, 0.25) is 0 Å². The molecule has 0 aliphatic carbocycles. The largest absolute Gasteiger partial charge is 0.291 e. The number of pyridine rings is 1. The number of aromatic nitrogens is 1. The van der Waals surface area contributed by atoms with Crippen LogP contribution in [-0.2, 0) is 6.42 Å². The number of nitrogens with zero attached hydrogens (tertiary/aromatic N) is 2. The molecule has 0 radical (unpaired) electrons. The molecular formula is C12H10BrClN2O2. The van der Waals surface area contributed by atoms with Crippen LogP contribution in [0.4, 0.5) is 5.69 Å². The van der Waals surface area contributed by atoms with E-state index in [0.29, 0.717) is 12.0 Å². The van der Waals surface area contributed by atoms with E-state index >= 15 is 0 Å². The summed E-state index contributed by atoms with van der Waals surface area (Å²) in [7, 11) is 0. The number of nitro groups is 1. The molecule has 0 aliphatic heterocycles. The minimum atomic E-state index is -0.415. The van der Waals surface area contributed by atoms with Crippen LogP contribution in [0.1, 0.15) is 12.5 Å². The molecule has 0 spiro atoms. The maximum absolute atomic E-state index is 11.0. The summed E-state index contributed by atoms with van der Waals surface area (Å²) in [4.78, 5) is 14.7. The quantitative estimate of drug-likeness (QED) is 0.484. The second-order valence-corrected chi connectivity index (χ2v) is 5.69. The lowest BCUT2D eigenvalue weighted by atomic mass is 10.0. The summed E-state index contributed by atoms with van der Waals surface area (Å²) in [6.07, 6.45) is 1.73. The third-order valence-corrected chi connectivity index (χ3v) is 3.25. The van der Waals surface area contributed by atoms with Crippen LogP contribution < -0.4 is 0 Å². The van der Waals surface area contributed by atoms with Crippen molar-refractivity contribution in [1.82, 2.24) is 4.98 Å². The molecule has 2 aromatic rings. The SMILES string of the molecule is CC(Cl)Cc1c([N+](=O)[O-])cnc2ccc(Br)cc12. The standard InChI is InChI=1S/C12H10BrClN2O2/c1-7(14)4-10-9-5-8(13)2-3-11(9)15-6-12(10)16(17)18/h2-3,5-7H,4H2,1H3. The fourth-order valence-corrected chi connectivity index (χ4v) is 2.38. The number of hydrogen-bond donors (Lipinski definition) is 0. The minimum absolute atomic E-state index is 0.0214. The van der Waals surface area contributed by atoms with Crippen molar-refractivity contribution in [2.45, 2.75) is 18.7 Å². The average molecular weight is 330 g/mol. The van der Waals surface area contributed by atoms with Crippen molar-refractivity contribution in [3.05, 3.63) is 44.5 Å². The molecule has 0 amide bonds. The van der Waals surface area contributed by atoms with Crippen molar-refractivity contribution in [2.24, 2.45) is 0 Å². The summed E-state index contributed by atoms with van der Waals surface area (Å²) in [6, 6.07) is 5.52. The predicted octanol–water partition coefficient (Wildman–Crippen LogP) is 4.08. The molecule has 2 rings (SSSR count). The third-order valence-electron chi connectivity index (χ3n) is 2.60. The molecule has 0 bridgehead atoms. The highest BCUT2D eigenvalue weighted by Gasteiger charge is 2.19. The topological polar surface area (TPSA) is 56.0 Å². The first-order valence-corrected chi connectivity index (χ1v) is 6.57. The summed E-state index contributed by atoms with van der Waals surface area (Å²) in [6.45, 7) is 1.82. The highest BCUT2D eigenvalue weighted by atomic mass is 79.9. The van der Waals surface area contributed by atoms with E-state index in [2.05, 4.69) is 20.9 Å². The van der Waals surface area contributed by atoms with E-state index < -0.39 is 4.92 Å². The Hall–Kier alpha value is -1.20. The van der Waals surface area contributed by atoms with E-state index in [0.717, 1.165) is 15.4 Å². The third kappa shape index (κ3) is 2.62. The predicted molar refractivity (Wildman–Crippen MR) is 75.1 cm³/mol. The van der Waals surface area contributed by atoms with Crippen LogP contribution in [0.3, 0.4) is 0 Å². The van der Waals surface area contributed by atoms with Gasteiger partial charge in [-0.05, 0) is 31.5 Å². The van der Waals surface area contributed by atoms with Gasteiger partial charge in [0.2, 0.25) is 0 Å². The van der Waals surface area contributed by atoms with Crippen molar-refractivity contribution < 1.29 is 4.92 Å². The molecule has 0 saturated carbocycles. The fourth-order valence-electron chi connectivity index (χ4n) is 1.86. The van der Waals surface area contributed by atoms with Gasteiger partial charge in [0.05, 0.1) is 10.4 Å². The second-order valence-electron chi connectivity index (χ2n) is 4.03. The van der Waals surface area contributed by atoms with Crippen LogP contribution in [0.5, 0.6) is 0 Å². The van der Waals surface area contributed by atoms with Gasteiger partial charge in [-0.15, -0.1) is 11.6 Å². The first-order chi connectivity index (χ1) is 8.49. The summed E-state index contributed by atoms with van der Waals surface area (Å²) in [5, 5.41) is 11.6. The summed E-state index contributed by atoms with van der Waals surface area (Å²) >= 11 is 9.34. The molecule has 94 valence electrons. The summed E-state index contributed by atoms with van der Waals surface area (Å²) < 4.78 is 0.862. The van der Waals surface area contributed by atoms with Crippen LogP contribution in [0, 0.1) is 10.1 Å². The Morgan fingerprint density at radius 1 is 1.56 bits per heavy atom. The van der Waals surface area contributed by atoms with E-state index in [4.69, 9.17) is 11.6 Å². The van der Waals surface area contributed by atoms with E-state index in [1.54, 1.807) is 0 Å². The van der Waals surface area contributed by atoms with Gasteiger partial charge in [0.25, 0.3) is 5.69 Å². The monoisotopic (exact) mass is 328 g/mol. The zero-order valence-electron chi connectivity index (χ0n) is 9.56. The summed E-state index contributed by atoms with van der Waals surface area (Å²) in [5.74, 6) is 0. The van der Waals surface area contributed by atoms with E-state index in [9.17, 15) is 10.1 Å². The van der Waals surface area contributed by atoms with Crippen molar-refractivity contribution in [1.29, 1.82) is 0 Å². The zero-order chi connectivity index (χ0) is 13.3. The van der Waals surface area contributed by atoms with Gasteiger partial charge in [0, 0.05) is 20.8 Å². The van der Waals surface area contributed by atoms with Crippen LogP contribution >= 0.6 is 27.5 Å². The Balaban J connectivity index is 2.74. The smallest absolute Gasteiger partial charge is 0.258 e. The van der Waals surface area contributed by atoms with Gasteiger partial charge in [0.15, 0.2) is 0 Å². The molecule has 18 heavy (non-hydrogen) atoms.